The van der Waals surface area contributed by atoms with E-state index >= 15 is 0 Å². The molecular formula is C16H15ClN2O4. The van der Waals surface area contributed by atoms with E-state index in [4.69, 9.17) is 16.3 Å². The number of carbonyl (C=O) groups is 1. The Morgan fingerprint density at radius 3 is 2.57 bits per heavy atom. The third kappa shape index (κ3) is 4.89. The fourth-order valence-electron chi connectivity index (χ4n) is 1.74. The molecule has 120 valence electrons. The van der Waals surface area contributed by atoms with Crippen molar-refractivity contribution in [2.24, 2.45) is 5.10 Å². The molecule has 0 aliphatic heterocycles. The van der Waals surface area contributed by atoms with Gasteiger partial charge in [0, 0.05) is 16.7 Å². The number of amides is 1. The fraction of sp³-hybridized carbons (Fsp3) is 0.125. The quantitative estimate of drug-likeness (QED) is 0.579. The van der Waals surface area contributed by atoms with E-state index in [2.05, 4.69) is 10.5 Å². The molecule has 3 N–H and O–H groups in total. The lowest BCUT2D eigenvalue weighted by molar-refractivity contribution is -0.123. The number of phenols is 2. The van der Waals surface area contributed by atoms with E-state index < -0.39 is 5.91 Å². The standard InChI is InChI=1S/C16H15ClN2O4/c1-10(14-7-4-12(20)8-15(14)21)18-19-16(22)9-23-13-5-2-11(17)3-6-13/h2-8,20-21H,9H2,1H3,(H,19,22)/b18-10-. The first-order valence-corrected chi connectivity index (χ1v) is 7.07. The number of nitrogens with one attached hydrogen (secondary N) is 1. The van der Waals surface area contributed by atoms with Gasteiger partial charge in [0.2, 0.25) is 0 Å². The second kappa shape index (κ2) is 7.51. The van der Waals surface area contributed by atoms with Crippen molar-refractivity contribution < 1.29 is 19.7 Å². The van der Waals surface area contributed by atoms with Gasteiger partial charge in [0.25, 0.3) is 5.91 Å². The van der Waals surface area contributed by atoms with Crippen molar-refractivity contribution in [3.8, 4) is 17.2 Å². The maximum Gasteiger partial charge on any atom is 0.277 e. The van der Waals surface area contributed by atoms with E-state index in [0.717, 1.165) is 0 Å². The zero-order valence-corrected chi connectivity index (χ0v) is 13.0. The summed E-state index contributed by atoms with van der Waals surface area (Å²) in [5.74, 6) is -0.114. The highest BCUT2D eigenvalue weighted by Crippen LogP contribution is 2.22. The predicted octanol–water partition coefficient (Wildman–Crippen LogP) is 2.67. The Hall–Kier alpha value is -2.73. The van der Waals surface area contributed by atoms with Gasteiger partial charge in [0.1, 0.15) is 17.2 Å². The van der Waals surface area contributed by atoms with Crippen LogP contribution in [0.2, 0.25) is 5.02 Å². The number of nitrogens with zero attached hydrogens (tertiary/aromatic N) is 1. The van der Waals surface area contributed by atoms with Gasteiger partial charge in [-0.2, -0.15) is 5.10 Å². The Labute approximate surface area is 138 Å². The number of halogens is 1. The molecule has 0 radical (unpaired) electrons. The summed E-state index contributed by atoms with van der Waals surface area (Å²) in [6.07, 6.45) is 0. The number of phenolic OH excluding ortho intramolecular Hbond substituents is 2. The molecule has 2 rings (SSSR count). The molecule has 7 heteroatoms. The van der Waals surface area contributed by atoms with Gasteiger partial charge in [0.05, 0.1) is 5.71 Å². The minimum absolute atomic E-state index is 0.0561. The molecule has 0 saturated heterocycles. The van der Waals surface area contributed by atoms with Crippen LogP contribution in [0.4, 0.5) is 0 Å². The summed E-state index contributed by atoms with van der Waals surface area (Å²) < 4.78 is 5.28. The molecule has 0 aromatic heterocycles. The summed E-state index contributed by atoms with van der Waals surface area (Å²) in [6.45, 7) is 1.41. The highest BCUT2D eigenvalue weighted by Gasteiger charge is 2.07. The van der Waals surface area contributed by atoms with Gasteiger partial charge in [-0.15, -0.1) is 0 Å². The molecule has 6 nitrogen and oxygen atoms in total. The van der Waals surface area contributed by atoms with Crippen LogP contribution in [0, 0.1) is 0 Å². The van der Waals surface area contributed by atoms with E-state index in [1.807, 2.05) is 0 Å². The fourth-order valence-corrected chi connectivity index (χ4v) is 1.87. The van der Waals surface area contributed by atoms with E-state index in [0.29, 0.717) is 22.0 Å². The van der Waals surface area contributed by atoms with Crippen LogP contribution in [0.25, 0.3) is 0 Å². The SMILES string of the molecule is C/C(=N/NC(=O)COc1ccc(Cl)cc1)c1ccc(O)cc1O. The van der Waals surface area contributed by atoms with E-state index in [9.17, 15) is 15.0 Å². The van der Waals surface area contributed by atoms with Gasteiger partial charge in [0.15, 0.2) is 6.61 Å². The average Bonchev–Trinajstić information content (AvgIpc) is 2.52. The highest BCUT2D eigenvalue weighted by atomic mass is 35.5. The lowest BCUT2D eigenvalue weighted by Crippen LogP contribution is -2.25. The van der Waals surface area contributed by atoms with Crippen molar-refractivity contribution in [3.63, 3.8) is 0 Å². The van der Waals surface area contributed by atoms with Crippen LogP contribution in [0.15, 0.2) is 47.6 Å². The molecule has 0 atom stereocenters. The molecule has 0 bridgehead atoms. The van der Waals surface area contributed by atoms with Gasteiger partial charge < -0.3 is 14.9 Å². The normalized spacial score (nSPS) is 11.1. The first-order chi connectivity index (χ1) is 11.0. The van der Waals surface area contributed by atoms with Crippen molar-refractivity contribution in [1.29, 1.82) is 0 Å². The number of hydrazone groups is 1. The molecule has 2 aromatic carbocycles. The second-order valence-electron chi connectivity index (χ2n) is 4.68. The van der Waals surface area contributed by atoms with Crippen LogP contribution in [0.5, 0.6) is 17.2 Å². The monoisotopic (exact) mass is 334 g/mol. The van der Waals surface area contributed by atoms with Gasteiger partial charge in [-0.3, -0.25) is 4.79 Å². The molecular weight excluding hydrogens is 320 g/mol. The summed E-state index contributed by atoms with van der Waals surface area (Å²) in [5.41, 5.74) is 3.12. The van der Waals surface area contributed by atoms with E-state index in [1.54, 1.807) is 31.2 Å². The molecule has 0 heterocycles. The maximum absolute atomic E-state index is 11.7. The lowest BCUT2D eigenvalue weighted by Gasteiger charge is -2.07. The first kappa shape index (κ1) is 16.6. The molecule has 0 fully saturated rings. The zero-order valence-electron chi connectivity index (χ0n) is 12.3. The van der Waals surface area contributed by atoms with Crippen LogP contribution < -0.4 is 10.2 Å². The number of benzene rings is 2. The van der Waals surface area contributed by atoms with Crippen LogP contribution >= 0.6 is 11.6 Å². The third-order valence-electron chi connectivity index (χ3n) is 2.90. The van der Waals surface area contributed by atoms with Crippen LogP contribution in [0.1, 0.15) is 12.5 Å². The van der Waals surface area contributed by atoms with Gasteiger partial charge >= 0.3 is 0 Å². The van der Waals surface area contributed by atoms with Crippen LogP contribution in [-0.2, 0) is 4.79 Å². The topological polar surface area (TPSA) is 91.2 Å². The Kier molecular flexibility index (Phi) is 5.43. The predicted molar refractivity (Wildman–Crippen MR) is 87.1 cm³/mol. The minimum Gasteiger partial charge on any atom is -0.508 e. The summed E-state index contributed by atoms with van der Waals surface area (Å²) in [4.78, 5) is 11.7. The number of hydrogen-bond donors (Lipinski definition) is 3. The average molecular weight is 335 g/mol. The van der Waals surface area contributed by atoms with E-state index in [-0.39, 0.29) is 18.1 Å². The Balaban J connectivity index is 1.90. The second-order valence-corrected chi connectivity index (χ2v) is 5.11. The zero-order chi connectivity index (χ0) is 16.8. The number of hydrogen-bond acceptors (Lipinski definition) is 5. The van der Waals surface area contributed by atoms with Crippen LogP contribution in [0.3, 0.4) is 0 Å². The molecule has 0 spiro atoms. The molecule has 0 aliphatic rings. The minimum atomic E-state index is -0.447. The van der Waals surface area contributed by atoms with Crippen LogP contribution in [-0.4, -0.2) is 28.4 Å². The van der Waals surface area contributed by atoms with Crippen molar-refractivity contribution in [2.75, 3.05) is 6.61 Å². The van der Waals surface area contributed by atoms with Gasteiger partial charge in [-0.05, 0) is 43.3 Å². The highest BCUT2D eigenvalue weighted by molar-refractivity contribution is 6.30. The molecule has 0 saturated carbocycles. The van der Waals surface area contributed by atoms with Crippen molar-refractivity contribution >= 4 is 23.2 Å². The largest absolute Gasteiger partial charge is 0.508 e. The van der Waals surface area contributed by atoms with Crippen molar-refractivity contribution in [1.82, 2.24) is 5.43 Å². The number of rotatable bonds is 5. The number of carbonyl (C=O) groups excluding carboxylic acids is 1. The van der Waals surface area contributed by atoms with Gasteiger partial charge in [-0.25, -0.2) is 5.43 Å². The summed E-state index contributed by atoms with van der Waals surface area (Å²) in [5, 5.41) is 23.4. The Bertz CT molecular complexity index is 729. The van der Waals surface area contributed by atoms with Crippen molar-refractivity contribution in [2.45, 2.75) is 6.92 Å². The summed E-state index contributed by atoms with van der Waals surface area (Å²) in [7, 11) is 0. The molecule has 2 aromatic rings. The summed E-state index contributed by atoms with van der Waals surface area (Å²) >= 11 is 5.75. The van der Waals surface area contributed by atoms with Crippen molar-refractivity contribution in [3.05, 3.63) is 53.1 Å². The molecule has 23 heavy (non-hydrogen) atoms. The number of aromatic hydroxyl groups is 2. The third-order valence-corrected chi connectivity index (χ3v) is 3.15. The lowest BCUT2D eigenvalue weighted by atomic mass is 10.1. The number of ether oxygens (including phenoxy) is 1. The maximum atomic E-state index is 11.7. The summed E-state index contributed by atoms with van der Waals surface area (Å²) in [6, 6.07) is 10.7. The molecule has 0 aliphatic carbocycles. The van der Waals surface area contributed by atoms with E-state index in [1.165, 1.54) is 18.2 Å². The Morgan fingerprint density at radius 2 is 1.91 bits per heavy atom. The Morgan fingerprint density at radius 1 is 1.22 bits per heavy atom. The molecule has 1 amide bonds. The first-order valence-electron chi connectivity index (χ1n) is 6.69. The van der Waals surface area contributed by atoms with Gasteiger partial charge in [-0.1, -0.05) is 11.6 Å². The smallest absolute Gasteiger partial charge is 0.277 e. The molecule has 0 unspecified atom stereocenters.